The van der Waals surface area contributed by atoms with Crippen LogP contribution >= 0.6 is 15.9 Å². The molecular weight excluding hydrogens is 330 g/mol. The topological polar surface area (TPSA) is 49.3 Å². The number of aliphatic hydroxyl groups excluding tert-OH is 1. The lowest BCUT2D eigenvalue weighted by molar-refractivity contribution is 0.0953. The van der Waals surface area contributed by atoms with Gasteiger partial charge < -0.3 is 10.4 Å². The van der Waals surface area contributed by atoms with E-state index in [0.29, 0.717) is 12.1 Å². The molecule has 1 amide bonds. The van der Waals surface area contributed by atoms with E-state index in [-0.39, 0.29) is 12.5 Å². The van der Waals surface area contributed by atoms with Gasteiger partial charge in [0.1, 0.15) is 0 Å². The fourth-order valence-corrected chi connectivity index (χ4v) is 2.58. The molecule has 2 aromatic carbocycles. The Kier molecular flexibility index (Phi) is 5.53. The van der Waals surface area contributed by atoms with Crippen molar-refractivity contribution in [3.8, 4) is 0 Å². The Balaban J connectivity index is 1.88. The van der Waals surface area contributed by atoms with Gasteiger partial charge in [-0.2, -0.15) is 0 Å². The molecule has 0 aromatic heterocycles. The minimum Gasteiger partial charge on any atom is -0.392 e. The van der Waals surface area contributed by atoms with Crippen LogP contribution in [0.25, 0.3) is 0 Å². The number of rotatable bonds is 5. The molecule has 0 saturated heterocycles. The van der Waals surface area contributed by atoms with Crippen molar-refractivity contribution >= 4 is 21.8 Å². The molecule has 21 heavy (non-hydrogen) atoms. The van der Waals surface area contributed by atoms with Gasteiger partial charge in [-0.25, -0.2) is 0 Å². The molecule has 0 spiro atoms. The Morgan fingerprint density at radius 2 is 1.81 bits per heavy atom. The van der Waals surface area contributed by atoms with Gasteiger partial charge in [0.25, 0.3) is 5.91 Å². The first kappa shape index (κ1) is 15.7. The van der Waals surface area contributed by atoms with Gasteiger partial charge in [0.2, 0.25) is 0 Å². The summed E-state index contributed by atoms with van der Waals surface area (Å²) in [4.78, 5) is 12.1. The fourth-order valence-electron chi connectivity index (χ4n) is 2.11. The lowest BCUT2D eigenvalue weighted by Gasteiger charge is -2.08. The summed E-state index contributed by atoms with van der Waals surface area (Å²) in [7, 11) is 0. The molecule has 0 aliphatic heterocycles. The van der Waals surface area contributed by atoms with Crippen LogP contribution in [0.5, 0.6) is 0 Å². The number of carbonyl (C=O) groups excluding carboxylic acids is 1. The summed E-state index contributed by atoms with van der Waals surface area (Å²) in [5.74, 6) is -0.0491. The van der Waals surface area contributed by atoms with Crippen molar-refractivity contribution in [1.82, 2.24) is 5.32 Å². The molecule has 2 aromatic rings. The van der Waals surface area contributed by atoms with Crippen LogP contribution in [0.1, 0.15) is 27.0 Å². The van der Waals surface area contributed by atoms with Crippen LogP contribution in [0, 0.1) is 6.92 Å². The molecule has 0 aliphatic rings. The molecule has 3 nitrogen and oxygen atoms in total. The number of carbonyl (C=O) groups is 1. The lowest BCUT2D eigenvalue weighted by Crippen LogP contribution is -2.26. The number of hydrogen-bond acceptors (Lipinski definition) is 2. The smallest absolute Gasteiger partial charge is 0.251 e. The van der Waals surface area contributed by atoms with Crippen LogP contribution in [-0.2, 0) is 13.0 Å². The second-order valence-electron chi connectivity index (χ2n) is 4.94. The van der Waals surface area contributed by atoms with Gasteiger partial charge in [-0.1, -0.05) is 40.2 Å². The molecule has 0 unspecified atom stereocenters. The third kappa shape index (κ3) is 4.41. The van der Waals surface area contributed by atoms with Crippen LogP contribution in [0.4, 0.5) is 0 Å². The monoisotopic (exact) mass is 347 g/mol. The zero-order valence-corrected chi connectivity index (χ0v) is 13.5. The van der Waals surface area contributed by atoms with E-state index in [1.807, 2.05) is 49.4 Å². The van der Waals surface area contributed by atoms with Crippen molar-refractivity contribution in [2.75, 3.05) is 6.54 Å². The summed E-state index contributed by atoms with van der Waals surface area (Å²) < 4.78 is 0.973. The largest absolute Gasteiger partial charge is 0.392 e. The Morgan fingerprint density at radius 1 is 1.14 bits per heavy atom. The van der Waals surface area contributed by atoms with E-state index in [9.17, 15) is 4.79 Å². The summed E-state index contributed by atoms with van der Waals surface area (Å²) in [5.41, 5.74) is 3.69. The molecule has 2 N–H and O–H groups in total. The SMILES string of the molecule is Cc1cc(Br)ccc1C(=O)NCCc1ccc(CO)cc1. The summed E-state index contributed by atoms with van der Waals surface area (Å²) in [6.45, 7) is 2.57. The van der Waals surface area contributed by atoms with Crippen molar-refractivity contribution < 1.29 is 9.90 Å². The molecule has 0 bridgehead atoms. The van der Waals surface area contributed by atoms with Gasteiger partial charge in [0.05, 0.1) is 6.61 Å². The van der Waals surface area contributed by atoms with Crippen LogP contribution < -0.4 is 5.32 Å². The first-order valence-corrected chi connectivity index (χ1v) is 7.62. The van der Waals surface area contributed by atoms with Gasteiger partial charge in [-0.15, -0.1) is 0 Å². The van der Waals surface area contributed by atoms with Crippen LogP contribution in [0.15, 0.2) is 46.9 Å². The minimum absolute atomic E-state index is 0.0491. The molecule has 0 fully saturated rings. The molecule has 2 rings (SSSR count). The molecule has 0 radical (unpaired) electrons. The normalized spacial score (nSPS) is 10.4. The van der Waals surface area contributed by atoms with Crippen molar-refractivity contribution in [1.29, 1.82) is 0 Å². The maximum absolute atomic E-state index is 12.1. The molecule has 4 heteroatoms. The number of aryl methyl sites for hydroxylation is 1. The fraction of sp³-hybridized carbons (Fsp3) is 0.235. The molecular formula is C17H18BrNO2. The van der Waals surface area contributed by atoms with Crippen molar-refractivity contribution in [3.05, 3.63) is 69.2 Å². The van der Waals surface area contributed by atoms with E-state index in [0.717, 1.165) is 27.6 Å². The first-order chi connectivity index (χ1) is 10.1. The maximum atomic E-state index is 12.1. The number of amides is 1. The number of nitrogens with one attached hydrogen (secondary N) is 1. The number of halogens is 1. The van der Waals surface area contributed by atoms with Gasteiger partial charge in [0, 0.05) is 16.6 Å². The minimum atomic E-state index is -0.0491. The molecule has 110 valence electrons. The number of hydrogen-bond donors (Lipinski definition) is 2. The van der Waals surface area contributed by atoms with Crippen LogP contribution in [-0.4, -0.2) is 17.6 Å². The Morgan fingerprint density at radius 3 is 2.43 bits per heavy atom. The second-order valence-corrected chi connectivity index (χ2v) is 5.86. The van der Waals surface area contributed by atoms with Crippen molar-refractivity contribution in [2.24, 2.45) is 0 Å². The molecule has 0 saturated carbocycles. The van der Waals surface area contributed by atoms with Gasteiger partial charge in [0.15, 0.2) is 0 Å². The Bertz CT molecular complexity index is 623. The van der Waals surface area contributed by atoms with E-state index in [2.05, 4.69) is 21.2 Å². The van der Waals surface area contributed by atoms with Crippen molar-refractivity contribution in [2.45, 2.75) is 20.0 Å². The van der Waals surface area contributed by atoms with E-state index < -0.39 is 0 Å². The summed E-state index contributed by atoms with van der Waals surface area (Å²) in [6, 6.07) is 13.4. The highest BCUT2D eigenvalue weighted by Gasteiger charge is 2.08. The standard InChI is InChI=1S/C17H18BrNO2/c1-12-10-15(18)6-7-16(12)17(21)19-9-8-13-2-4-14(11-20)5-3-13/h2-7,10,20H,8-9,11H2,1H3,(H,19,21). The molecule has 0 atom stereocenters. The maximum Gasteiger partial charge on any atom is 0.251 e. The average molecular weight is 348 g/mol. The highest BCUT2D eigenvalue weighted by Crippen LogP contribution is 2.15. The zero-order chi connectivity index (χ0) is 15.2. The third-order valence-corrected chi connectivity index (χ3v) is 3.83. The van der Waals surface area contributed by atoms with Crippen LogP contribution in [0.2, 0.25) is 0 Å². The van der Waals surface area contributed by atoms with Crippen molar-refractivity contribution in [3.63, 3.8) is 0 Å². The predicted molar refractivity (Wildman–Crippen MR) is 87.3 cm³/mol. The zero-order valence-electron chi connectivity index (χ0n) is 11.9. The first-order valence-electron chi connectivity index (χ1n) is 6.83. The second kappa shape index (κ2) is 7.38. The quantitative estimate of drug-likeness (QED) is 0.872. The van der Waals surface area contributed by atoms with E-state index in [1.165, 1.54) is 0 Å². The Hall–Kier alpha value is -1.65. The van der Waals surface area contributed by atoms with Gasteiger partial charge >= 0.3 is 0 Å². The average Bonchev–Trinajstić information content (AvgIpc) is 2.47. The van der Waals surface area contributed by atoms with E-state index in [1.54, 1.807) is 0 Å². The third-order valence-electron chi connectivity index (χ3n) is 3.34. The lowest BCUT2D eigenvalue weighted by atomic mass is 10.1. The highest BCUT2D eigenvalue weighted by atomic mass is 79.9. The summed E-state index contributed by atoms with van der Waals surface area (Å²) in [5, 5.41) is 11.9. The van der Waals surface area contributed by atoms with E-state index in [4.69, 9.17) is 5.11 Å². The molecule has 0 heterocycles. The number of benzene rings is 2. The summed E-state index contributed by atoms with van der Waals surface area (Å²) >= 11 is 3.39. The number of aliphatic hydroxyl groups is 1. The predicted octanol–water partition coefficient (Wildman–Crippen LogP) is 3.22. The summed E-state index contributed by atoms with van der Waals surface area (Å²) in [6.07, 6.45) is 0.771. The van der Waals surface area contributed by atoms with Gasteiger partial charge in [-0.05, 0) is 48.2 Å². The van der Waals surface area contributed by atoms with E-state index >= 15 is 0 Å². The Labute approximate surface area is 133 Å². The molecule has 0 aliphatic carbocycles. The highest BCUT2D eigenvalue weighted by molar-refractivity contribution is 9.10. The van der Waals surface area contributed by atoms with Gasteiger partial charge in [-0.3, -0.25) is 4.79 Å². The van der Waals surface area contributed by atoms with Crippen LogP contribution in [0.3, 0.4) is 0 Å².